The van der Waals surface area contributed by atoms with Gasteiger partial charge in [-0.2, -0.15) is 0 Å². The van der Waals surface area contributed by atoms with Crippen LogP contribution < -0.4 is 5.32 Å². The van der Waals surface area contributed by atoms with Crippen LogP contribution in [0.2, 0.25) is 0 Å². The molecule has 0 radical (unpaired) electrons. The molecule has 0 saturated heterocycles. The molecule has 1 aliphatic heterocycles. The number of thiol groups is 1. The van der Waals surface area contributed by atoms with Gasteiger partial charge in [0.05, 0.1) is 11.1 Å². The van der Waals surface area contributed by atoms with Crippen molar-refractivity contribution in [2.45, 2.75) is 4.90 Å². The van der Waals surface area contributed by atoms with Gasteiger partial charge < -0.3 is 0 Å². The second kappa shape index (κ2) is 4.98. The Labute approximate surface area is 121 Å². The number of nitrogens with one attached hydrogen (secondary N) is 1. The van der Waals surface area contributed by atoms with Crippen molar-refractivity contribution in [3.05, 3.63) is 65.7 Å². The molecule has 0 saturated carbocycles. The van der Waals surface area contributed by atoms with E-state index in [4.69, 9.17) is 0 Å². The van der Waals surface area contributed by atoms with Crippen molar-refractivity contribution in [3.8, 4) is 0 Å². The summed E-state index contributed by atoms with van der Waals surface area (Å²) in [6.07, 6.45) is 0. The first kappa shape index (κ1) is 12.7. The lowest BCUT2D eigenvalue weighted by Gasteiger charge is -2.04. The molecule has 0 aliphatic carbocycles. The van der Waals surface area contributed by atoms with Gasteiger partial charge >= 0.3 is 0 Å². The molecule has 20 heavy (non-hydrogen) atoms. The molecule has 4 heteroatoms. The Morgan fingerprint density at radius 2 is 1.20 bits per heavy atom. The SMILES string of the molecule is O=C1NC(=O)C(c2ccc(S)cc2)=C1c1ccccc1. The minimum atomic E-state index is -0.360. The van der Waals surface area contributed by atoms with E-state index in [2.05, 4.69) is 17.9 Å². The topological polar surface area (TPSA) is 46.2 Å². The molecule has 1 heterocycles. The van der Waals surface area contributed by atoms with Crippen molar-refractivity contribution in [2.75, 3.05) is 0 Å². The Morgan fingerprint density at radius 3 is 1.75 bits per heavy atom. The zero-order valence-corrected chi connectivity index (χ0v) is 11.4. The molecule has 1 N–H and O–H groups in total. The van der Waals surface area contributed by atoms with Crippen LogP contribution >= 0.6 is 12.6 Å². The lowest BCUT2D eigenvalue weighted by atomic mass is 9.96. The van der Waals surface area contributed by atoms with Gasteiger partial charge in [-0.25, -0.2) is 0 Å². The Hall–Kier alpha value is -2.33. The first-order valence-corrected chi connectivity index (χ1v) is 6.56. The molecular weight excluding hydrogens is 270 g/mol. The van der Waals surface area contributed by atoms with Crippen LogP contribution in [0.3, 0.4) is 0 Å². The first-order valence-electron chi connectivity index (χ1n) is 6.11. The largest absolute Gasteiger partial charge is 0.288 e. The standard InChI is InChI=1S/C16H11NO2S/c18-15-13(10-4-2-1-3-5-10)14(16(19)17-15)11-6-8-12(20)9-7-11/h1-9,20H,(H,17,18,19). The molecule has 1 aliphatic rings. The average Bonchev–Trinajstić information content (AvgIpc) is 2.75. The highest BCUT2D eigenvalue weighted by molar-refractivity contribution is 7.80. The third-order valence-corrected chi connectivity index (χ3v) is 3.45. The summed E-state index contributed by atoms with van der Waals surface area (Å²) < 4.78 is 0. The quantitative estimate of drug-likeness (QED) is 0.656. The number of benzene rings is 2. The molecule has 0 bridgehead atoms. The van der Waals surface area contributed by atoms with E-state index in [1.807, 2.05) is 30.3 Å². The molecule has 0 unspecified atom stereocenters. The van der Waals surface area contributed by atoms with Gasteiger partial charge in [0.25, 0.3) is 11.8 Å². The number of rotatable bonds is 2. The van der Waals surface area contributed by atoms with Gasteiger partial charge in [0.1, 0.15) is 0 Å². The maximum Gasteiger partial charge on any atom is 0.259 e. The monoisotopic (exact) mass is 281 g/mol. The van der Waals surface area contributed by atoms with Crippen LogP contribution in [-0.2, 0) is 9.59 Å². The van der Waals surface area contributed by atoms with Gasteiger partial charge in [0.2, 0.25) is 0 Å². The van der Waals surface area contributed by atoms with Crippen LogP contribution in [0.5, 0.6) is 0 Å². The summed E-state index contributed by atoms with van der Waals surface area (Å²) in [6.45, 7) is 0. The number of carbonyl (C=O) groups is 2. The number of hydrogen-bond donors (Lipinski definition) is 2. The van der Waals surface area contributed by atoms with E-state index in [0.717, 1.165) is 10.5 Å². The zero-order valence-electron chi connectivity index (χ0n) is 10.5. The predicted molar refractivity (Wildman–Crippen MR) is 80.1 cm³/mol. The van der Waals surface area contributed by atoms with E-state index < -0.39 is 0 Å². The highest BCUT2D eigenvalue weighted by Gasteiger charge is 2.31. The summed E-state index contributed by atoms with van der Waals surface area (Å²) in [6, 6.07) is 16.4. The zero-order chi connectivity index (χ0) is 14.1. The van der Waals surface area contributed by atoms with Crippen molar-refractivity contribution in [3.63, 3.8) is 0 Å². The van der Waals surface area contributed by atoms with Crippen LogP contribution in [0.25, 0.3) is 11.1 Å². The van der Waals surface area contributed by atoms with Crippen LogP contribution in [0.1, 0.15) is 11.1 Å². The number of amides is 2. The third kappa shape index (κ3) is 2.14. The fourth-order valence-electron chi connectivity index (χ4n) is 2.24. The van der Waals surface area contributed by atoms with Gasteiger partial charge in [0, 0.05) is 4.90 Å². The molecule has 98 valence electrons. The summed E-state index contributed by atoms with van der Waals surface area (Å²) in [5.74, 6) is -0.716. The molecule has 2 amide bonds. The van der Waals surface area contributed by atoms with E-state index in [0.29, 0.717) is 16.7 Å². The van der Waals surface area contributed by atoms with Crippen LogP contribution in [0, 0.1) is 0 Å². The van der Waals surface area contributed by atoms with E-state index >= 15 is 0 Å². The van der Waals surface area contributed by atoms with Crippen molar-refractivity contribution < 1.29 is 9.59 Å². The maximum absolute atomic E-state index is 12.0. The second-order valence-electron chi connectivity index (χ2n) is 4.45. The normalized spacial score (nSPS) is 14.7. The van der Waals surface area contributed by atoms with E-state index in [1.165, 1.54) is 0 Å². The van der Waals surface area contributed by atoms with Gasteiger partial charge in [-0.05, 0) is 23.3 Å². The van der Waals surface area contributed by atoms with E-state index in [1.54, 1.807) is 24.3 Å². The van der Waals surface area contributed by atoms with Crippen molar-refractivity contribution in [1.29, 1.82) is 0 Å². The molecule has 0 aromatic heterocycles. The summed E-state index contributed by atoms with van der Waals surface area (Å²) in [5.41, 5.74) is 2.28. The van der Waals surface area contributed by atoms with Crippen LogP contribution in [-0.4, -0.2) is 11.8 Å². The minimum absolute atomic E-state index is 0.355. The minimum Gasteiger partial charge on any atom is -0.288 e. The molecule has 2 aromatic rings. The Kier molecular flexibility index (Phi) is 3.16. The number of imide groups is 1. The summed E-state index contributed by atoms with van der Waals surface area (Å²) in [4.78, 5) is 24.9. The molecule has 3 rings (SSSR count). The van der Waals surface area contributed by atoms with Gasteiger partial charge in [-0.15, -0.1) is 12.6 Å². The highest BCUT2D eigenvalue weighted by atomic mass is 32.1. The lowest BCUT2D eigenvalue weighted by molar-refractivity contribution is -0.122. The number of carbonyl (C=O) groups excluding carboxylic acids is 2. The molecule has 0 spiro atoms. The second-order valence-corrected chi connectivity index (χ2v) is 4.96. The smallest absolute Gasteiger partial charge is 0.259 e. The third-order valence-electron chi connectivity index (χ3n) is 3.15. The number of hydrogen-bond acceptors (Lipinski definition) is 3. The molecule has 3 nitrogen and oxygen atoms in total. The van der Waals surface area contributed by atoms with Gasteiger partial charge in [0.15, 0.2) is 0 Å². The van der Waals surface area contributed by atoms with Crippen molar-refractivity contribution in [1.82, 2.24) is 5.32 Å². The van der Waals surface area contributed by atoms with Gasteiger partial charge in [-0.1, -0.05) is 42.5 Å². The van der Waals surface area contributed by atoms with E-state index in [9.17, 15) is 9.59 Å². The van der Waals surface area contributed by atoms with Gasteiger partial charge in [-0.3, -0.25) is 14.9 Å². The summed E-state index contributed by atoms with van der Waals surface area (Å²) >= 11 is 4.22. The van der Waals surface area contributed by atoms with Crippen LogP contribution in [0.15, 0.2) is 59.5 Å². The Morgan fingerprint density at radius 1 is 0.700 bits per heavy atom. The summed E-state index contributed by atoms with van der Waals surface area (Å²) in [5, 5.41) is 2.36. The molecule has 0 fully saturated rings. The Balaban J connectivity index is 2.21. The molecule has 2 aromatic carbocycles. The fourth-order valence-corrected chi connectivity index (χ4v) is 2.39. The Bertz CT molecular complexity index is 718. The maximum atomic E-state index is 12.0. The van der Waals surface area contributed by atoms with E-state index in [-0.39, 0.29) is 11.8 Å². The molecular formula is C16H11NO2S. The lowest BCUT2D eigenvalue weighted by Crippen LogP contribution is -2.22. The predicted octanol–water partition coefficient (Wildman–Crippen LogP) is 2.54. The van der Waals surface area contributed by atoms with Crippen LogP contribution in [0.4, 0.5) is 0 Å². The first-order chi connectivity index (χ1) is 9.66. The molecule has 0 atom stereocenters. The average molecular weight is 281 g/mol. The fraction of sp³-hybridized carbons (Fsp3) is 0. The highest BCUT2D eigenvalue weighted by Crippen LogP contribution is 2.31. The van der Waals surface area contributed by atoms with Crippen molar-refractivity contribution in [2.24, 2.45) is 0 Å². The van der Waals surface area contributed by atoms with Crippen molar-refractivity contribution >= 4 is 35.6 Å². The summed E-state index contributed by atoms with van der Waals surface area (Å²) in [7, 11) is 0.